The maximum atomic E-state index is 13.1. The highest BCUT2D eigenvalue weighted by Gasteiger charge is 2.21. The molecule has 0 atom stereocenters. The van der Waals surface area contributed by atoms with Crippen molar-refractivity contribution in [2.45, 2.75) is 99.4 Å². The number of allylic oxidation sites excluding steroid dienone is 1. The molecule has 324 valence electrons. The minimum Gasteiger partial charge on any atom is -0.489 e. The van der Waals surface area contributed by atoms with Gasteiger partial charge in [-0.15, -0.1) is 0 Å². The minimum atomic E-state index is -0.205. The van der Waals surface area contributed by atoms with Crippen LogP contribution in [0.4, 0.5) is 11.4 Å². The van der Waals surface area contributed by atoms with Crippen molar-refractivity contribution in [2.24, 2.45) is 14.1 Å². The molecule has 0 saturated heterocycles. The number of aryl methyl sites for hydroxylation is 2. The fourth-order valence-electron chi connectivity index (χ4n) is 6.75. The highest BCUT2D eigenvalue weighted by molar-refractivity contribution is 5.91. The first-order valence-electron chi connectivity index (χ1n) is 21.5. The molecule has 6 rings (SSSR count). The smallest absolute Gasteiger partial charge is 0.297 e. The number of aromatic nitrogens is 2. The van der Waals surface area contributed by atoms with Crippen molar-refractivity contribution in [3.05, 3.63) is 141 Å². The second-order valence-corrected chi connectivity index (χ2v) is 16.0. The number of benzene rings is 4. The molecule has 61 heavy (non-hydrogen) atoms. The van der Waals surface area contributed by atoms with E-state index in [2.05, 4.69) is 41.8 Å². The van der Waals surface area contributed by atoms with Crippen LogP contribution in [0, 0.1) is 0 Å². The standard InChI is InChI=1S/C26H34N2O3.C25H30N2O3/c1-5-6-7-11-16-30-24-22-15-14-21(27-18-20-12-9-8-10-13-20)17-23(22)28(4)26(29)25(24)31-19(2)3;1-17(2)13-14-29-23-21-12-11-20(26-16-19-9-7-6-8-10-19)15-22(21)27(5)25(28)24(23)30-18(3)4/h8-10,12-15,17,19,27H,5-7,11,16,18H2,1-4H3;6-13,15,18,26H,14,16H2,1-5H3. The van der Waals surface area contributed by atoms with Gasteiger partial charge in [0, 0.05) is 49.3 Å². The quantitative estimate of drug-likeness (QED) is 0.0614. The minimum absolute atomic E-state index is 0.112. The van der Waals surface area contributed by atoms with Gasteiger partial charge in [0.05, 0.1) is 29.8 Å². The van der Waals surface area contributed by atoms with E-state index in [1.54, 1.807) is 23.2 Å². The van der Waals surface area contributed by atoms with Gasteiger partial charge in [-0.2, -0.15) is 0 Å². The lowest BCUT2D eigenvalue weighted by Crippen LogP contribution is -2.23. The number of anilines is 2. The van der Waals surface area contributed by atoms with Crippen molar-refractivity contribution < 1.29 is 18.9 Å². The van der Waals surface area contributed by atoms with Crippen LogP contribution in [0.1, 0.15) is 85.3 Å². The van der Waals surface area contributed by atoms with E-state index in [0.29, 0.717) is 37.0 Å². The van der Waals surface area contributed by atoms with E-state index in [-0.39, 0.29) is 29.1 Å². The van der Waals surface area contributed by atoms with Gasteiger partial charge in [0.2, 0.25) is 11.5 Å². The highest BCUT2D eigenvalue weighted by Crippen LogP contribution is 2.36. The molecule has 0 radical (unpaired) electrons. The zero-order chi connectivity index (χ0) is 43.9. The van der Waals surface area contributed by atoms with Gasteiger partial charge in [-0.25, -0.2) is 0 Å². The van der Waals surface area contributed by atoms with Gasteiger partial charge >= 0.3 is 0 Å². The van der Waals surface area contributed by atoms with Crippen LogP contribution < -0.4 is 40.7 Å². The molecule has 0 amide bonds. The molecular formula is C51H64N4O6. The van der Waals surface area contributed by atoms with E-state index in [1.165, 1.54) is 24.0 Å². The third-order valence-corrected chi connectivity index (χ3v) is 9.97. The Morgan fingerprint density at radius 1 is 0.607 bits per heavy atom. The Kier molecular flexibility index (Phi) is 16.9. The predicted octanol–water partition coefficient (Wildman–Crippen LogP) is 11.2. The van der Waals surface area contributed by atoms with Gasteiger partial charge < -0.3 is 38.7 Å². The molecule has 0 aliphatic rings. The zero-order valence-electron chi connectivity index (χ0n) is 37.5. The summed E-state index contributed by atoms with van der Waals surface area (Å²) in [5.41, 5.74) is 6.68. The first-order valence-corrected chi connectivity index (χ1v) is 21.5. The van der Waals surface area contributed by atoms with Crippen LogP contribution >= 0.6 is 0 Å². The zero-order valence-corrected chi connectivity index (χ0v) is 37.5. The SMILES string of the molecule is CC(C)=CCOc1c(OC(C)C)c(=O)n(C)c2cc(NCc3ccccc3)ccc12.CCCCCCOc1c(OC(C)C)c(=O)n(C)c2cc(NCc3ccccc3)ccc12. The number of hydrogen-bond acceptors (Lipinski definition) is 8. The molecule has 4 aromatic carbocycles. The van der Waals surface area contributed by atoms with Crippen LogP contribution in [-0.4, -0.2) is 34.6 Å². The van der Waals surface area contributed by atoms with Gasteiger partial charge in [0.1, 0.15) is 6.61 Å². The molecule has 0 aliphatic heterocycles. The number of nitrogens with one attached hydrogen (secondary N) is 2. The van der Waals surface area contributed by atoms with E-state index in [0.717, 1.165) is 58.1 Å². The molecule has 2 N–H and O–H groups in total. The number of hydrogen-bond donors (Lipinski definition) is 2. The lowest BCUT2D eigenvalue weighted by molar-refractivity contribution is 0.216. The molecule has 10 nitrogen and oxygen atoms in total. The van der Waals surface area contributed by atoms with Gasteiger partial charge in [-0.3, -0.25) is 9.59 Å². The highest BCUT2D eigenvalue weighted by atomic mass is 16.5. The largest absolute Gasteiger partial charge is 0.489 e. The summed E-state index contributed by atoms with van der Waals surface area (Å²) in [6.45, 7) is 16.2. The Labute approximate surface area is 361 Å². The topological polar surface area (TPSA) is 105 Å². The Morgan fingerprint density at radius 2 is 1.07 bits per heavy atom. The lowest BCUT2D eigenvalue weighted by atomic mass is 10.1. The number of nitrogens with zero attached hydrogens (tertiary/aromatic N) is 2. The number of pyridine rings is 2. The second kappa shape index (κ2) is 22.4. The summed E-state index contributed by atoms with van der Waals surface area (Å²) in [6, 6.07) is 32.4. The molecule has 2 heterocycles. The maximum Gasteiger partial charge on any atom is 0.297 e. The molecule has 0 saturated carbocycles. The Morgan fingerprint density at radius 3 is 1.49 bits per heavy atom. The van der Waals surface area contributed by atoms with E-state index >= 15 is 0 Å². The first kappa shape index (κ1) is 45.9. The average Bonchev–Trinajstić information content (AvgIpc) is 3.25. The maximum absolute atomic E-state index is 13.1. The van der Waals surface area contributed by atoms with Crippen molar-refractivity contribution in [1.29, 1.82) is 0 Å². The Balaban J connectivity index is 0.000000231. The van der Waals surface area contributed by atoms with E-state index < -0.39 is 0 Å². The third-order valence-electron chi connectivity index (χ3n) is 9.97. The van der Waals surface area contributed by atoms with Crippen LogP contribution in [0.15, 0.2) is 118 Å². The monoisotopic (exact) mass is 828 g/mol. The molecule has 0 spiro atoms. The van der Waals surface area contributed by atoms with Crippen molar-refractivity contribution in [1.82, 2.24) is 9.13 Å². The van der Waals surface area contributed by atoms with E-state index in [4.69, 9.17) is 18.9 Å². The molecule has 0 unspecified atom stereocenters. The normalized spacial score (nSPS) is 11.0. The number of fused-ring (bicyclic) bond motifs is 2. The molecule has 10 heteroatoms. The van der Waals surface area contributed by atoms with Crippen LogP contribution in [0.25, 0.3) is 21.8 Å². The van der Waals surface area contributed by atoms with Crippen LogP contribution in [0.2, 0.25) is 0 Å². The summed E-state index contributed by atoms with van der Waals surface area (Å²) in [5, 5.41) is 8.61. The van der Waals surface area contributed by atoms with Crippen LogP contribution in [0.5, 0.6) is 23.0 Å². The average molecular weight is 829 g/mol. The molecule has 6 aromatic rings. The van der Waals surface area contributed by atoms with Gasteiger partial charge in [0.25, 0.3) is 11.1 Å². The van der Waals surface area contributed by atoms with Crippen LogP contribution in [0.3, 0.4) is 0 Å². The number of ether oxygens (including phenoxy) is 4. The van der Waals surface area contributed by atoms with Crippen molar-refractivity contribution in [2.75, 3.05) is 23.8 Å². The fourth-order valence-corrected chi connectivity index (χ4v) is 6.75. The fraction of sp³-hybridized carbons (Fsp3) is 0.373. The predicted molar refractivity (Wildman–Crippen MR) is 252 cm³/mol. The van der Waals surface area contributed by atoms with Gasteiger partial charge in [-0.1, -0.05) is 92.4 Å². The van der Waals surface area contributed by atoms with Crippen molar-refractivity contribution in [3.63, 3.8) is 0 Å². The van der Waals surface area contributed by atoms with Crippen LogP contribution in [-0.2, 0) is 27.2 Å². The van der Waals surface area contributed by atoms with Crippen molar-refractivity contribution in [3.8, 4) is 23.0 Å². The summed E-state index contributed by atoms with van der Waals surface area (Å²) in [6.07, 6.45) is 6.18. The summed E-state index contributed by atoms with van der Waals surface area (Å²) in [7, 11) is 3.54. The lowest BCUT2D eigenvalue weighted by Gasteiger charge is -2.19. The van der Waals surface area contributed by atoms with Gasteiger partial charge in [0.15, 0.2) is 11.5 Å². The molecule has 0 aliphatic carbocycles. The molecular weight excluding hydrogens is 765 g/mol. The van der Waals surface area contributed by atoms with Gasteiger partial charge in [-0.05, 0) is 102 Å². The number of rotatable bonds is 19. The summed E-state index contributed by atoms with van der Waals surface area (Å²) < 4.78 is 27.2. The molecule has 2 aromatic heterocycles. The Hall–Kier alpha value is -6.16. The second-order valence-electron chi connectivity index (χ2n) is 16.0. The Bertz CT molecular complexity index is 2490. The van der Waals surface area contributed by atoms with E-state index in [9.17, 15) is 9.59 Å². The number of unbranched alkanes of at least 4 members (excludes halogenated alkanes) is 3. The summed E-state index contributed by atoms with van der Waals surface area (Å²) >= 11 is 0. The van der Waals surface area contributed by atoms with E-state index in [1.807, 2.05) is 120 Å². The summed E-state index contributed by atoms with van der Waals surface area (Å²) in [5.74, 6) is 1.60. The molecule has 0 bridgehead atoms. The third kappa shape index (κ3) is 12.7. The molecule has 0 fully saturated rings. The first-order chi connectivity index (χ1) is 29.4. The van der Waals surface area contributed by atoms with Crippen molar-refractivity contribution >= 4 is 33.2 Å². The summed E-state index contributed by atoms with van der Waals surface area (Å²) in [4.78, 5) is 26.2.